The normalized spacial score (nSPS) is 11.7. The molecule has 0 atom stereocenters. The van der Waals surface area contributed by atoms with Gasteiger partial charge in [-0.15, -0.1) is 0 Å². The van der Waals surface area contributed by atoms with Gasteiger partial charge in [-0.05, 0) is 39.3 Å². The SMILES string of the molecule is COC(=O)/C=C/CCN(CC=C(C)C)S(=O)(=O)c1ccc(C)cc1. The number of carbonyl (C=O) groups is 1. The first kappa shape index (κ1) is 20.1. The van der Waals surface area contributed by atoms with Gasteiger partial charge in [0.15, 0.2) is 0 Å². The molecule has 0 saturated heterocycles. The molecule has 5 nitrogen and oxygen atoms in total. The number of methoxy groups -OCH3 is 1. The highest BCUT2D eigenvalue weighted by molar-refractivity contribution is 7.89. The van der Waals surface area contributed by atoms with Gasteiger partial charge in [0, 0.05) is 19.2 Å². The van der Waals surface area contributed by atoms with Crippen LogP contribution in [0, 0.1) is 6.92 Å². The van der Waals surface area contributed by atoms with Gasteiger partial charge in [0.25, 0.3) is 0 Å². The van der Waals surface area contributed by atoms with Crippen LogP contribution in [0.5, 0.6) is 0 Å². The number of rotatable bonds is 8. The quantitative estimate of drug-likeness (QED) is 0.410. The molecular weight excluding hydrogens is 326 g/mol. The van der Waals surface area contributed by atoms with Crippen molar-refractivity contribution in [2.24, 2.45) is 0 Å². The number of benzene rings is 1. The summed E-state index contributed by atoms with van der Waals surface area (Å²) in [6.07, 6.45) is 5.22. The van der Waals surface area contributed by atoms with E-state index in [4.69, 9.17) is 0 Å². The van der Waals surface area contributed by atoms with Crippen molar-refractivity contribution in [1.82, 2.24) is 4.31 Å². The maximum absolute atomic E-state index is 12.8. The van der Waals surface area contributed by atoms with Crippen molar-refractivity contribution < 1.29 is 17.9 Å². The van der Waals surface area contributed by atoms with Crippen LogP contribution in [0.4, 0.5) is 0 Å². The fraction of sp³-hybridized carbons (Fsp3) is 0.389. The van der Waals surface area contributed by atoms with Crippen molar-refractivity contribution in [3.8, 4) is 0 Å². The Morgan fingerprint density at radius 2 is 1.83 bits per heavy atom. The highest BCUT2D eigenvalue weighted by Crippen LogP contribution is 2.17. The lowest BCUT2D eigenvalue weighted by Crippen LogP contribution is -2.32. The maximum atomic E-state index is 12.8. The van der Waals surface area contributed by atoms with Gasteiger partial charge in [-0.1, -0.05) is 35.4 Å². The van der Waals surface area contributed by atoms with Crippen LogP contribution in [0.3, 0.4) is 0 Å². The average molecular weight is 351 g/mol. The Labute approximate surface area is 144 Å². The average Bonchev–Trinajstić information content (AvgIpc) is 2.53. The van der Waals surface area contributed by atoms with Crippen LogP contribution in [0.2, 0.25) is 0 Å². The zero-order chi connectivity index (χ0) is 18.2. The molecule has 6 heteroatoms. The number of nitrogens with zero attached hydrogens (tertiary/aromatic N) is 1. The summed E-state index contributed by atoms with van der Waals surface area (Å²) in [7, 11) is -2.28. The summed E-state index contributed by atoms with van der Waals surface area (Å²) in [6, 6.07) is 6.79. The zero-order valence-electron chi connectivity index (χ0n) is 14.7. The second-order valence-corrected chi connectivity index (χ2v) is 7.61. The third kappa shape index (κ3) is 6.29. The first-order valence-corrected chi connectivity index (χ1v) is 9.16. The number of allylic oxidation sites excluding steroid dienone is 1. The Morgan fingerprint density at radius 3 is 2.38 bits per heavy atom. The zero-order valence-corrected chi connectivity index (χ0v) is 15.5. The molecule has 0 spiro atoms. The molecule has 0 N–H and O–H groups in total. The fourth-order valence-corrected chi connectivity index (χ4v) is 3.31. The predicted octanol–water partition coefficient (Wildman–Crippen LogP) is 3.07. The molecule has 24 heavy (non-hydrogen) atoms. The van der Waals surface area contributed by atoms with Gasteiger partial charge >= 0.3 is 5.97 Å². The Bertz CT molecular complexity index is 699. The molecule has 0 radical (unpaired) electrons. The van der Waals surface area contributed by atoms with Crippen molar-refractivity contribution >= 4 is 16.0 Å². The second kappa shape index (κ2) is 9.39. The van der Waals surface area contributed by atoms with Crippen LogP contribution in [0.15, 0.2) is 53.0 Å². The first-order valence-electron chi connectivity index (χ1n) is 7.72. The second-order valence-electron chi connectivity index (χ2n) is 5.67. The number of carbonyl (C=O) groups excluding carboxylic acids is 1. The lowest BCUT2D eigenvalue weighted by Gasteiger charge is -2.20. The highest BCUT2D eigenvalue weighted by atomic mass is 32.2. The lowest BCUT2D eigenvalue weighted by molar-refractivity contribution is -0.134. The minimum Gasteiger partial charge on any atom is -0.466 e. The Balaban J connectivity index is 2.95. The number of esters is 1. The minimum absolute atomic E-state index is 0.271. The lowest BCUT2D eigenvalue weighted by atomic mass is 10.2. The van der Waals surface area contributed by atoms with E-state index in [0.29, 0.717) is 13.0 Å². The van der Waals surface area contributed by atoms with Gasteiger partial charge in [-0.25, -0.2) is 13.2 Å². The molecule has 0 aromatic heterocycles. The first-order chi connectivity index (χ1) is 11.3. The molecule has 0 aliphatic carbocycles. The minimum atomic E-state index is -3.58. The number of sulfonamides is 1. The van der Waals surface area contributed by atoms with Crippen LogP contribution in [0.1, 0.15) is 25.8 Å². The smallest absolute Gasteiger partial charge is 0.330 e. The fourth-order valence-electron chi connectivity index (χ4n) is 1.92. The summed E-state index contributed by atoms with van der Waals surface area (Å²) in [5.74, 6) is -0.452. The monoisotopic (exact) mass is 351 g/mol. The van der Waals surface area contributed by atoms with E-state index in [1.54, 1.807) is 30.3 Å². The van der Waals surface area contributed by atoms with Crippen molar-refractivity contribution in [1.29, 1.82) is 0 Å². The highest BCUT2D eigenvalue weighted by Gasteiger charge is 2.22. The van der Waals surface area contributed by atoms with Crippen molar-refractivity contribution in [2.45, 2.75) is 32.1 Å². The van der Waals surface area contributed by atoms with Crippen LogP contribution < -0.4 is 0 Å². The molecule has 0 bridgehead atoms. The van der Waals surface area contributed by atoms with Crippen LogP contribution in [-0.4, -0.2) is 38.9 Å². The van der Waals surface area contributed by atoms with Gasteiger partial charge in [0.1, 0.15) is 0 Å². The van der Waals surface area contributed by atoms with E-state index in [1.807, 2.05) is 26.8 Å². The van der Waals surface area contributed by atoms with E-state index in [0.717, 1.165) is 11.1 Å². The Hall–Kier alpha value is -1.92. The van der Waals surface area contributed by atoms with Gasteiger partial charge in [0.2, 0.25) is 10.0 Å². The molecule has 0 amide bonds. The summed E-state index contributed by atoms with van der Waals surface area (Å²) in [5, 5.41) is 0. The van der Waals surface area contributed by atoms with E-state index < -0.39 is 16.0 Å². The van der Waals surface area contributed by atoms with E-state index in [2.05, 4.69) is 4.74 Å². The number of hydrogen-bond donors (Lipinski definition) is 0. The van der Waals surface area contributed by atoms with Crippen LogP contribution in [-0.2, 0) is 19.6 Å². The predicted molar refractivity (Wildman–Crippen MR) is 95.1 cm³/mol. The molecule has 0 saturated carbocycles. The van der Waals surface area contributed by atoms with E-state index in [1.165, 1.54) is 17.5 Å². The summed E-state index contributed by atoms with van der Waals surface area (Å²) < 4.78 is 31.6. The standard InChI is InChI=1S/C18H25NO4S/c1-15(2)12-14-19(13-6-5-7-18(20)23-4)24(21,22)17-10-8-16(3)9-11-17/h5,7-12H,6,13-14H2,1-4H3/b7-5+. The van der Waals surface area contributed by atoms with Gasteiger partial charge in [0.05, 0.1) is 12.0 Å². The molecule has 0 fully saturated rings. The van der Waals surface area contributed by atoms with Gasteiger partial charge in [-0.2, -0.15) is 4.31 Å². The molecule has 1 aromatic carbocycles. The Morgan fingerprint density at radius 1 is 1.21 bits per heavy atom. The molecule has 0 aliphatic heterocycles. The largest absolute Gasteiger partial charge is 0.466 e. The van der Waals surface area contributed by atoms with Gasteiger partial charge in [-0.3, -0.25) is 0 Å². The maximum Gasteiger partial charge on any atom is 0.330 e. The van der Waals surface area contributed by atoms with Gasteiger partial charge < -0.3 is 4.74 Å². The third-order valence-electron chi connectivity index (χ3n) is 3.36. The van der Waals surface area contributed by atoms with Crippen LogP contribution in [0.25, 0.3) is 0 Å². The summed E-state index contributed by atoms with van der Waals surface area (Å²) in [6.45, 7) is 6.34. The van der Waals surface area contributed by atoms with E-state index in [9.17, 15) is 13.2 Å². The van der Waals surface area contributed by atoms with Crippen molar-refractivity contribution in [2.75, 3.05) is 20.2 Å². The van der Waals surface area contributed by atoms with Crippen molar-refractivity contribution in [3.63, 3.8) is 0 Å². The van der Waals surface area contributed by atoms with E-state index >= 15 is 0 Å². The Kier molecular flexibility index (Phi) is 7.88. The summed E-state index contributed by atoms with van der Waals surface area (Å²) in [4.78, 5) is 11.3. The van der Waals surface area contributed by atoms with Crippen molar-refractivity contribution in [3.05, 3.63) is 53.6 Å². The molecule has 1 aromatic rings. The number of aryl methyl sites for hydroxylation is 1. The van der Waals surface area contributed by atoms with Crippen LogP contribution >= 0.6 is 0 Å². The molecule has 0 unspecified atom stereocenters. The number of hydrogen-bond acceptors (Lipinski definition) is 4. The third-order valence-corrected chi connectivity index (χ3v) is 5.24. The summed E-state index contributed by atoms with van der Waals surface area (Å²) >= 11 is 0. The molecular formula is C18H25NO4S. The number of ether oxygens (including phenoxy) is 1. The molecule has 1 rings (SSSR count). The molecule has 0 heterocycles. The summed E-state index contributed by atoms with van der Waals surface area (Å²) in [5.41, 5.74) is 2.05. The topological polar surface area (TPSA) is 63.7 Å². The molecule has 0 aliphatic rings. The van der Waals surface area contributed by atoms with E-state index in [-0.39, 0.29) is 11.4 Å². The molecule has 132 valence electrons.